The van der Waals surface area contributed by atoms with Crippen LogP contribution in [0.15, 0.2) is 47.0 Å². The summed E-state index contributed by atoms with van der Waals surface area (Å²) in [4.78, 5) is 4.48. The molecule has 0 atom stereocenters. The van der Waals surface area contributed by atoms with E-state index in [2.05, 4.69) is 34.4 Å². The summed E-state index contributed by atoms with van der Waals surface area (Å²) in [6, 6.07) is 14.3. The fraction of sp³-hybridized carbons (Fsp3) is 0.250. The molecule has 0 aliphatic heterocycles. The summed E-state index contributed by atoms with van der Waals surface area (Å²) in [5.41, 5.74) is 6.78. The van der Waals surface area contributed by atoms with Gasteiger partial charge in [-0.05, 0) is 42.2 Å². The highest BCUT2D eigenvalue weighted by Gasteiger charge is 2.39. The van der Waals surface area contributed by atoms with Crippen LogP contribution < -0.4 is 5.73 Å². The van der Waals surface area contributed by atoms with Gasteiger partial charge < -0.3 is 10.3 Å². The largest absolute Gasteiger partial charge is 0.334 e. The van der Waals surface area contributed by atoms with Crippen LogP contribution in [-0.4, -0.2) is 10.1 Å². The van der Waals surface area contributed by atoms with E-state index in [0.29, 0.717) is 11.7 Å². The average molecular weight is 265 g/mol. The second-order valence-corrected chi connectivity index (χ2v) is 5.49. The molecule has 0 unspecified atom stereocenters. The fourth-order valence-electron chi connectivity index (χ4n) is 2.65. The summed E-state index contributed by atoms with van der Waals surface area (Å²) < 4.78 is 5.38. The molecule has 1 saturated carbocycles. The average Bonchev–Trinajstić information content (AvgIpc) is 2.94. The van der Waals surface area contributed by atoms with Crippen molar-refractivity contribution in [3.63, 3.8) is 0 Å². The Balaban J connectivity index is 1.75. The molecule has 0 saturated heterocycles. The third kappa shape index (κ3) is 1.72. The van der Waals surface area contributed by atoms with Gasteiger partial charge >= 0.3 is 0 Å². The molecule has 0 bridgehead atoms. The number of rotatable bonds is 2. The van der Waals surface area contributed by atoms with Crippen LogP contribution in [0.1, 0.15) is 25.1 Å². The number of aromatic nitrogens is 2. The van der Waals surface area contributed by atoms with Crippen molar-refractivity contribution in [3.05, 3.63) is 48.3 Å². The van der Waals surface area contributed by atoms with Gasteiger partial charge in [0.15, 0.2) is 5.82 Å². The van der Waals surface area contributed by atoms with Gasteiger partial charge in [-0.1, -0.05) is 35.5 Å². The Morgan fingerprint density at radius 1 is 1.05 bits per heavy atom. The van der Waals surface area contributed by atoms with Gasteiger partial charge in [-0.2, -0.15) is 4.98 Å². The Hall–Kier alpha value is -2.20. The van der Waals surface area contributed by atoms with Crippen molar-refractivity contribution >= 4 is 10.8 Å². The summed E-state index contributed by atoms with van der Waals surface area (Å²) in [6.45, 7) is 0. The summed E-state index contributed by atoms with van der Waals surface area (Å²) >= 11 is 0. The predicted molar refractivity (Wildman–Crippen MR) is 77.0 cm³/mol. The van der Waals surface area contributed by atoms with Crippen LogP contribution in [0.2, 0.25) is 0 Å². The molecule has 0 spiro atoms. The number of hydrogen-bond donors (Lipinski definition) is 1. The SMILES string of the molecule is NC1(c2noc(-c3ccc4ccccc4c3)n2)CCC1. The highest BCUT2D eigenvalue weighted by Crippen LogP contribution is 2.37. The third-order valence-corrected chi connectivity index (χ3v) is 4.11. The third-order valence-electron chi connectivity index (χ3n) is 4.11. The lowest BCUT2D eigenvalue weighted by Crippen LogP contribution is -2.44. The van der Waals surface area contributed by atoms with Crippen LogP contribution in [0.5, 0.6) is 0 Å². The molecule has 1 aromatic heterocycles. The van der Waals surface area contributed by atoms with Crippen LogP contribution in [0.3, 0.4) is 0 Å². The maximum Gasteiger partial charge on any atom is 0.258 e. The van der Waals surface area contributed by atoms with E-state index in [9.17, 15) is 0 Å². The van der Waals surface area contributed by atoms with E-state index >= 15 is 0 Å². The van der Waals surface area contributed by atoms with Gasteiger partial charge in [0.2, 0.25) is 0 Å². The van der Waals surface area contributed by atoms with E-state index in [0.717, 1.165) is 30.2 Å². The Bertz CT molecular complexity index is 774. The minimum atomic E-state index is -0.376. The number of fused-ring (bicyclic) bond motifs is 1. The van der Waals surface area contributed by atoms with E-state index < -0.39 is 0 Å². The predicted octanol–water partition coefficient (Wildman–Crippen LogP) is 3.23. The Kier molecular flexibility index (Phi) is 2.41. The second-order valence-electron chi connectivity index (χ2n) is 5.49. The van der Waals surface area contributed by atoms with Gasteiger partial charge in [-0.25, -0.2) is 0 Å². The Morgan fingerprint density at radius 3 is 2.60 bits per heavy atom. The van der Waals surface area contributed by atoms with E-state index in [1.165, 1.54) is 5.39 Å². The minimum absolute atomic E-state index is 0.376. The quantitative estimate of drug-likeness (QED) is 0.772. The van der Waals surface area contributed by atoms with Crippen LogP contribution in [0.25, 0.3) is 22.2 Å². The Morgan fingerprint density at radius 2 is 1.85 bits per heavy atom. The van der Waals surface area contributed by atoms with E-state index in [-0.39, 0.29) is 5.54 Å². The minimum Gasteiger partial charge on any atom is -0.334 e. The lowest BCUT2D eigenvalue weighted by atomic mass is 9.77. The maximum absolute atomic E-state index is 6.22. The molecule has 3 aromatic rings. The molecule has 1 heterocycles. The van der Waals surface area contributed by atoms with Gasteiger partial charge in [0, 0.05) is 5.56 Å². The van der Waals surface area contributed by atoms with Gasteiger partial charge in [0.05, 0.1) is 5.54 Å². The number of nitrogens with two attached hydrogens (primary N) is 1. The smallest absolute Gasteiger partial charge is 0.258 e. The summed E-state index contributed by atoms with van der Waals surface area (Å²) in [5.74, 6) is 1.18. The molecule has 0 amide bonds. The zero-order valence-corrected chi connectivity index (χ0v) is 11.0. The van der Waals surface area contributed by atoms with Crippen LogP contribution >= 0.6 is 0 Å². The topological polar surface area (TPSA) is 64.9 Å². The van der Waals surface area contributed by atoms with Crippen molar-refractivity contribution in [1.29, 1.82) is 0 Å². The molecule has 0 radical (unpaired) electrons. The zero-order valence-electron chi connectivity index (χ0n) is 11.0. The molecule has 2 aromatic carbocycles. The van der Waals surface area contributed by atoms with Crippen molar-refractivity contribution in [2.75, 3.05) is 0 Å². The molecule has 4 rings (SSSR count). The standard InChI is InChI=1S/C16H15N3O/c17-16(8-3-9-16)15-18-14(20-19-15)13-7-6-11-4-1-2-5-12(11)10-13/h1-2,4-7,10H,3,8-9,17H2. The van der Waals surface area contributed by atoms with E-state index in [1.807, 2.05) is 18.2 Å². The first-order valence-corrected chi connectivity index (χ1v) is 6.87. The molecule has 20 heavy (non-hydrogen) atoms. The lowest BCUT2D eigenvalue weighted by molar-refractivity contribution is 0.229. The van der Waals surface area contributed by atoms with E-state index in [1.54, 1.807) is 0 Å². The summed E-state index contributed by atoms with van der Waals surface area (Å²) in [7, 11) is 0. The first-order valence-electron chi connectivity index (χ1n) is 6.87. The van der Waals surface area contributed by atoms with E-state index in [4.69, 9.17) is 10.3 Å². The number of hydrogen-bond acceptors (Lipinski definition) is 4. The maximum atomic E-state index is 6.22. The highest BCUT2D eigenvalue weighted by molar-refractivity contribution is 5.86. The molecule has 1 aliphatic rings. The second kappa shape index (κ2) is 4.15. The molecular weight excluding hydrogens is 250 g/mol. The van der Waals surface area contributed by atoms with Gasteiger partial charge in [0.25, 0.3) is 5.89 Å². The van der Waals surface area contributed by atoms with Crippen molar-refractivity contribution in [1.82, 2.24) is 10.1 Å². The normalized spacial score (nSPS) is 17.1. The lowest BCUT2D eigenvalue weighted by Gasteiger charge is -2.34. The summed E-state index contributed by atoms with van der Waals surface area (Å²) in [6.07, 6.45) is 3.00. The van der Waals surface area contributed by atoms with Crippen molar-refractivity contribution in [3.8, 4) is 11.5 Å². The molecule has 1 fully saturated rings. The highest BCUT2D eigenvalue weighted by atomic mass is 16.5. The van der Waals surface area contributed by atoms with Crippen molar-refractivity contribution in [2.24, 2.45) is 5.73 Å². The van der Waals surface area contributed by atoms with Crippen LogP contribution in [-0.2, 0) is 5.54 Å². The van der Waals surface area contributed by atoms with Gasteiger partial charge in [0.1, 0.15) is 0 Å². The molecule has 4 heteroatoms. The molecule has 4 nitrogen and oxygen atoms in total. The first-order chi connectivity index (χ1) is 9.74. The molecule has 2 N–H and O–H groups in total. The van der Waals surface area contributed by atoms with Crippen LogP contribution in [0, 0.1) is 0 Å². The fourth-order valence-corrected chi connectivity index (χ4v) is 2.65. The van der Waals surface area contributed by atoms with Crippen molar-refractivity contribution in [2.45, 2.75) is 24.8 Å². The number of benzene rings is 2. The number of nitrogens with zero attached hydrogens (tertiary/aromatic N) is 2. The van der Waals surface area contributed by atoms with Gasteiger partial charge in [-0.3, -0.25) is 0 Å². The zero-order chi connectivity index (χ0) is 13.6. The molecular formula is C16H15N3O. The van der Waals surface area contributed by atoms with Crippen LogP contribution in [0.4, 0.5) is 0 Å². The summed E-state index contributed by atoms with van der Waals surface area (Å²) in [5, 5.41) is 6.42. The Labute approximate surface area is 116 Å². The first kappa shape index (κ1) is 11.6. The van der Waals surface area contributed by atoms with Crippen molar-refractivity contribution < 1.29 is 4.52 Å². The van der Waals surface area contributed by atoms with Gasteiger partial charge in [-0.15, -0.1) is 0 Å². The molecule has 1 aliphatic carbocycles. The molecule has 100 valence electrons. The monoisotopic (exact) mass is 265 g/mol.